The minimum absolute atomic E-state index is 0.0597. The van der Waals surface area contributed by atoms with Crippen LogP contribution in [0.25, 0.3) is 10.8 Å². The molecule has 0 amide bonds. The zero-order valence-electron chi connectivity index (χ0n) is 8.15. The van der Waals surface area contributed by atoms with Crippen LogP contribution in [0.1, 0.15) is 22.3 Å². The van der Waals surface area contributed by atoms with E-state index in [-0.39, 0.29) is 11.1 Å². The van der Waals surface area contributed by atoms with Crippen molar-refractivity contribution in [2.24, 2.45) is 0 Å². The molecule has 16 heavy (non-hydrogen) atoms. The average Bonchev–Trinajstić information content (AvgIpc) is 2.27. The lowest BCUT2D eigenvalue weighted by Crippen LogP contribution is -1.95. The lowest BCUT2D eigenvalue weighted by atomic mass is 10.0. The molecule has 0 unspecified atom stereocenters. The van der Waals surface area contributed by atoms with Crippen LogP contribution in [0.5, 0.6) is 0 Å². The predicted molar refractivity (Wildman–Crippen MR) is 55.9 cm³/mol. The van der Waals surface area contributed by atoms with Gasteiger partial charge in [-0.05, 0) is 29.0 Å². The lowest BCUT2D eigenvalue weighted by molar-refractivity contribution is 0.0697. The summed E-state index contributed by atoms with van der Waals surface area (Å²) in [5, 5.41) is 10.0. The van der Waals surface area contributed by atoms with Gasteiger partial charge in [0.15, 0.2) is 0 Å². The number of hydrogen-bond acceptors (Lipinski definition) is 1. The Labute approximate surface area is 90.1 Å². The molecule has 2 rings (SSSR count). The average molecular weight is 222 g/mol. The molecule has 0 aromatic heterocycles. The Balaban J connectivity index is 2.57. The smallest absolute Gasteiger partial charge is 0.335 e. The maximum Gasteiger partial charge on any atom is 0.335 e. The van der Waals surface area contributed by atoms with Crippen LogP contribution in [0, 0.1) is 0 Å². The summed E-state index contributed by atoms with van der Waals surface area (Å²) in [6.07, 6.45) is -2.51. The first-order valence-corrected chi connectivity index (χ1v) is 4.63. The van der Waals surface area contributed by atoms with E-state index in [4.69, 9.17) is 5.11 Å². The molecule has 0 aliphatic carbocycles. The number of aromatic carboxylic acids is 1. The molecule has 0 aliphatic heterocycles. The standard InChI is InChI=1S/C12H8F2O2/c13-11(14)9-3-1-8-6-10(12(15)16)4-2-7(8)5-9/h1-6,11H,(H,15,16). The number of halogens is 2. The number of rotatable bonds is 2. The molecular weight excluding hydrogens is 214 g/mol. The van der Waals surface area contributed by atoms with Crippen molar-refractivity contribution in [2.75, 3.05) is 0 Å². The first-order valence-electron chi connectivity index (χ1n) is 4.63. The molecule has 2 aromatic carbocycles. The van der Waals surface area contributed by atoms with Crippen LogP contribution in [0.15, 0.2) is 36.4 Å². The van der Waals surface area contributed by atoms with Crippen LogP contribution in [0.3, 0.4) is 0 Å². The van der Waals surface area contributed by atoms with Crippen LogP contribution < -0.4 is 0 Å². The fourth-order valence-corrected chi connectivity index (χ4v) is 1.53. The van der Waals surface area contributed by atoms with Gasteiger partial charge >= 0.3 is 5.97 Å². The molecule has 0 atom stereocenters. The number of benzene rings is 2. The summed E-state index contributed by atoms with van der Waals surface area (Å²) in [5.74, 6) is -1.03. The molecule has 0 saturated carbocycles. The van der Waals surface area contributed by atoms with E-state index >= 15 is 0 Å². The number of hydrogen-bond donors (Lipinski definition) is 1. The Morgan fingerprint density at radius 3 is 2.31 bits per heavy atom. The first kappa shape index (κ1) is 10.5. The van der Waals surface area contributed by atoms with Crippen molar-refractivity contribution in [1.29, 1.82) is 0 Å². The van der Waals surface area contributed by atoms with Gasteiger partial charge in [0, 0.05) is 5.56 Å². The van der Waals surface area contributed by atoms with Gasteiger partial charge in [-0.15, -0.1) is 0 Å². The van der Waals surface area contributed by atoms with Gasteiger partial charge in [-0.2, -0.15) is 0 Å². The van der Waals surface area contributed by atoms with E-state index in [1.54, 1.807) is 0 Å². The molecule has 0 bridgehead atoms. The van der Waals surface area contributed by atoms with Gasteiger partial charge in [-0.3, -0.25) is 0 Å². The second kappa shape index (κ2) is 3.89. The van der Waals surface area contributed by atoms with Crippen LogP contribution in [-0.4, -0.2) is 11.1 Å². The Morgan fingerprint density at radius 1 is 1.06 bits per heavy atom. The summed E-state index contributed by atoms with van der Waals surface area (Å²) in [7, 11) is 0. The van der Waals surface area contributed by atoms with Crippen molar-refractivity contribution < 1.29 is 18.7 Å². The maximum absolute atomic E-state index is 12.4. The van der Waals surface area contributed by atoms with Crippen molar-refractivity contribution in [3.05, 3.63) is 47.5 Å². The largest absolute Gasteiger partial charge is 0.478 e. The van der Waals surface area contributed by atoms with Crippen LogP contribution in [0.4, 0.5) is 8.78 Å². The highest BCUT2D eigenvalue weighted by atomic mass is 19.3. The molecule has 0 radical (unpaired) electrons. The minimum atomic E-state index is -2.51. The number of carboxylic acid groups (broad SMARTS) is 1. The van der Waals surface area contributed by atoms with Gasteiger partial charge in [0.05, 0.1) is 5.56 Å². The molecule has 4 heteroatoms. The molecule has 0 fully saturated rings. The number of carboxylic acids is 1. The third-order valence-electron chi connectivity index (χ3n) is 2.36. The van der Waals surface area contributed by atoms with Crippen molar-refractivity contribution in [3.63, 3.8) is 0 Å². The Bertz CT molecular complexity index is 550. The summed E-state index contributed by atoms with van der Waals surface area (Å²) in [5.41, 5.74) is 0.0906. The molecule has 2 nitrogen and oxygen atoms in total. The minimum Gasteiger partial charge on any atom is -0.478 e. The Hall–Kier alpha value is -1.97. The third kappa shape index (κ3) is 1.86. The second-order valence-electron chi connectivity index (χ2n) is 3.43. The summed E-state index contributed by atoms with van der Waals surface area (Å²) < 4.78 is 24.8. The summed E-state index contributed by atoms with van der Waals surface area (Å²) in [6, 6.07) is 8.57. The van der Waals surface area contributed by atoms with E-state index in [0.717, 1.165) is 0 Å². The number of carbonyl (C=O) groups is 1. The van der Waals surface area contributed by atoms with E-state index in [1.165, 1.54) is 36.4 Å². The summed E-state index contributed by atoms with van der Waals surface area (Å²) in [6.45, 7) is 0. The monoisotopic (exact) mass is 222 g/mol. The maximum atomic E-state index is 12.4. The van der Waals surface area contributed by atoms with Crippen molar-refractivity contribution in [2.45, 2.75) is 6.43 Å². The molecule has 0 heterocycles. The molecule has 0 aliphatic rings. The normalized spacial score (nSPS) is 10.9. The first-order chi connectivity index (χ1) is 7.58. The molecule has 0 spiro atoms. The molecule has 0 saturated heterocycles. The van der Waals surface area contributed by atoms with Gasteiger partial charge in [0.25, 0.3) is 6.43 Å². The highest BCUT2D eigenvalue weighted by Gasteiger charge is 2.08. The Kier molecular flexibility index (Phi) is 2.56. The SMILES string of the molecule is O=C(O)c1ccc2cc(C(F)F)ccc2c1. The fourth-order valence-electron chi connectivity index (χ4n) is 1.53. The predicted octanol–water partition coefficient (Wildman–Crippen LogP) is 3.48. The van der Waals surface area contributed by atoms with Gasteiger partial charge in [0.2, 0.25) is 0 Å². The van der Waals surface area contributed by atoms with Gasteiger partial charge in [-0.1, -0.05) is 18.2 Å². The highest BCUT2D eigenvalue weighted by Crippen LogP contribution is 2.24. The van der Waals surface area contributed by atoms with Gasteiger partial charge < -0.3 is 5.11 Å². The van der Waals surface area contributed by atoms with Crippen molar-refractivity contribution >= 4 is 16.7 Å². The summed E-state index contributed by atoms with van der Waals surface area (Å²) >= 11 is 0. The van der Waals surface area contributed by atoms with Gasteiger partial charge in [0.1, 0.15) is 0 Å². The third-order valence-corrected chi connectivity index (χ3v) is 2.36. The second-order valence-corrected chi connectivity index (χ2v) is 3.43. The molecule has 2 aromatic rings. The van der Waals surface area contributed by atoms with E-state index in [1.807, 2.05) is 0 Å². The highest BCUT2D eigenvalue weighted by molar-refractivity contribution is 5.94. The van der Waals surface area contributed by atoms with Crippen molar-refractivity contribution in [1.82, 2.24) is 0 Å². The van der Waals surface area contributed by atoms with Crippen LogP contribution >= 0.6 is 0 Å². The number of fused-ring (bicyclic) bond motifs is 1. The molecule has 82 valence electrons. The fraction of sp³-hybridized carbons (Fsp3) is 0.0833. The zero-order valence-corrected chi connectivity index (χ0v) is 8.15. The summed E-state index contributed by atoms with van der Waals surface area (Å²) in [4.78, 5) is 10.7. The van der Waals surface area contributed by atoms with Crippen LogP contribution in [0.2, 0.25) is 0 Å². The lowest BCUT2D eigenvalue weighted by Gasteiger charge is -2.03. The number of alkyl halides is 2. The van der Waals surface area contributed by atoms with E-state index < -0.39 is 12.4 Å². The van der Waals surface area contributed by atoms with E-state index in [0.29, 0.717) is 10.8 Å². The Morgan fingerprint density at radius 2 is 1.69 bits per heavy atom. The van der Waals surface area contributed by atoms with Gasteiger partial charge in [-0.25, -0.2) is 13.6 Å². The van der Waals surface area contributed by atoms with E-state index in [9.17, 15) is 13.6 Å². The molecule has 1 N–H and O–H groups in total. The zero-order chi connectivity index (χ0) is 11.7. The topological polar surface area (TPSA) is 37.3 Å². The van der Waals surface area contributed by atoms with Crippen LogP contribution in [-0.2, 0) is 0 Å². The van der Waals surface area contributed by atoms with Crippen molar-refractivity contribution in [3.8, 4) is 0 Å². The van der Waals surface area contributed by atoms with E-state index in [2.05, 4.69) is 0 Å². The quantitative estimate of drug-likeness (QED) is 0.844. The molecular formula is C12H8F2O2.